The molecule has 3 heteroatoms. The summed E-state index contributed by atoms with van der Waals surface area (Å²) in [6.07, 6.45) is 2.39. The summed E-state index contributed by atoms with van der Waals surface area (Å²) in [6.45, 7) is 2.27. The predicted octanol–water partition coefficient (Wildman–Crippen LogP) is 2.20. The van der Waals surface area contributed by atoms with Crippen LogP contribution in [0.4, 0.5) is 0 Å². The zero-order valence-electron chi connectivity index (χ0n) is 6.19. The molecular formula is C8H10BrNS. The first-order valence-corrected chi connectivity index (χ1v) is 5.45. The predicted molar refractivity (Wildman–Crippen MR) is 52.3 cm³/mol. The quantitative estimate of drug-likeness (QED) is 0.723. The molecule has 1 N–H and O–H groups in total. The van der Waals surface area contributed by atoms with Gasteiger partial charge >= 0.3 is 0 Å². The molecular weight excluding hydrogens is 222 g/mol. The first-order chi connectivity index (χ1) is 5.36. The highest BCUT2D eigenvalue weighted by Crippen LogP contribution is 2.28. The Balaban J connectivity index is 2.32. The number of rotatable bonds is 0. The highest BCUT2D eigenvalue weighted by Gasteiger charge is 2.09. The lowest BCUT2D eigenvalue weighted by Gasteiger charge is -1.93. The first-order valence-electron chi connectivity index (χ1n) is 3.84. The average Bonchev–Trinajstić information content (AvgIpc) is 2.17. The molecule has 0 amide bonds. The molecule has 1 aromatic rings. The van der Waals surface area contributed by atoms with E-state index in [2.05, 4.69) is 27.3 Å². The van der Waals surface area contributed by atoms with Crippen LogP contribution in [0.15, 0.2) is 9.85 Å². The van der Waals surface area contributed by atoms with E-state index >= 15 is 0 Å². The lowest BCUT2D eigenvalue weighted by molar-refractivity contribution is 0.712. The first kappa shape index (κ1) is 7.77. The monoisotopic (exact) mass is 231 g/mol. The normalized spacial score (nSPS) is 17.5. The van der Waals surface area contributed by atoms with Crippen LogP contribution in [-0.2, 0) is 12.8 Å². The molecule has 0 bridgehead atoms. The van der Waals surface area contributed by atoms with Crippen molar-refractivity contribution in [3.8, 4) is 0 Å². The van der Waals surface area contributed by atoms with E-state index in [-0.39, 0.29) is 0 Å². The zero-order valence-corrected chi connectivity index (χ0v) is 8.59. The van der Waals surface area contributed by atoms with Gasteiger partial charge in [-0.2, -0.15) is 0 Å². The fraction of sp³-hybridized carbons (Fsp3) is 0.500. The Morgan fingerprint density at radius 1 is 1.36 bits per heavy atom. The molecule has 1 aliphatic rings. The van der Waals surface area contributed by atoms with E-state index in [9.17, 15) is 0 Å². The van der Waals surface area contributed by atoms with Gasteiger partial charge in [-0.05, 0) is 53.5 Å². The van der Waals surface area contributed by atoms with Gasteiger partial charge < -0.3 is 5.32 Å². The topological polar surface area (TPSA) is 12.0 Å². The molecule has 1 aromatic heterocycles. The van der Waals surface area contributed by atoms with Crippen molar-refractivity contribution in [2.75, 3.05) is 13.1 Å². The zero-order chi connectivity index (χ0) is 7.68. The van der Waals surface area contributed by atoms with E-state index in [1.165, 1.54) is 22.2 Å². The van der Waals surface area contributed by atoms with Gasteiger partial charge in [0.25, 0.3) is 0 Å². The molecule has 11 heavy (non-hydrogen) atoms. The summed E-state index contributed by atoms with van der Waals surface area (Å²) in [7, 11) is 0. The van der Waals surface area contributed by atoms with Gasteiger partial charge in [-0.15, -0.1) is 11.3 Å². The Hall–Kier alpha value is 0.140. The number of fused-ring (bicyclic) bond motifs is 1. The summed E-state index contributed by atoms with van der Waals surface area (Å²) in [6, 6.07) is 2.26. The summed E-state index contributed by atoms with van der Waals surface area (Å²) in [5.74, 6) is 0. The number of hydrogen-bond acceptors (Lipinski definition) is 2. The molecule has 0 unspecified atom stereocenters. The highest BCUT2D eigenvalue weighted by atomic mass is 79.9. The molecule has 0 saturated heterocycles. The third-order valence-corrected chi connectivity index (χ3v) is 3.71. The summed E-state index contributed by atoms with van der Waals surface area (Å²) in [4.78, 5) is 1.56. The molecule has 1 aliphatic heterocycles. The summed E-state index contributed by atoms with van der Waals surface area (Å²) in [5, 5.41) is 3.39. The molecule has 0 aliphatic carbocycles. The van der Waals surface area contributed by atoms with Crippen molar-refractivity contribution < 1.29 is 0 Å². The van der Waals surface area contributed by atoms with Crippen LogP contribution in [0.1, 0.15) is 10.4 Å². The molecule has 0 fully saturated rings. The summed E-state index contributed by atoms with van der Waals surface area (Å²) >= 11 is 5.40. The number of halogens is 1. The number of thiophene rings is 1. The van der Waals surface area contributed by atoms with Gasteiger partial charge in [0.15, 0.2) is 0 Å². The Morgan fingerprint density at radius 3 is 3.09 bits per heavy atom. The van der Waals surface area contributed by atoms with Gasteiger partial charge in [-0.1, -0.05) is 0 Å². The lowest BCUT2D eigenvalue weighted by Crippen LogP contribution is -2.16. The smallest absolute Gasteiger partial charge is 0.0704 e. The van der Waals surface area contributed by atoms with E-state index < -0.39 is 0 Å². The van der Waals surface area contributed by atoms with Gasteiger partial charge in [-0.25, -0.2) is 0 Å². The molecule has 60 valence electrons. The third-order valence-electron chi connectivity index (χ3n) is 1.97. The second-order valence-electron chi connectivity index (χ2n) is 2.75. The standard InChI is InChI=1S/C8H10BrNS/c9-8-5-6-1-3-10-4-2-7(6)11-8/h5,10H,1-4H2. The highest BCUT2D eigenvalue weighted by molar-refractivity contribution is 9.11. The van der Waals surface area contributed by atoms with Gasteiger partial charge in [0.05, 0.1) is 3.79 Å². The van der Waals surface area contributed by atoms with E-state index in [4.69, 9.17) is 0 Å². The van der Waals surface area contributed by atoms with Crippen molar-refractivity contribution in [2.24, 2.45) is 0 Å². The van der Waals surface area contributed by atoms with Gasteiger partial charge in [0, 0.05) is 4.88 Å². The van der Waals surface area contributed by atoms with Crippen LogP contribution < -0.4 is 5.32 Å². The summed E-state index contributed by atoms with van der Waals surface area (Å²) in [5.41, 5.74) is 1.53. The minimum absolute atomic E-state index is 1.14. The average molecular weight is 232 g/mol. The summed E-state index contributed by atoms with van der Waals surface area (Å²) < 4.78 is 1.28. The van der Waals surface area contributed by atoms with Gasteiger partial charge in [0.1, 0.15) is 0 Å². The Bertz CT molecular complexity index is 233. The van der Waals surface area contributed by atoms with Crippen molar-refractivity contribution in [1.82, 2.24) is 5.32 Å². The van der Waals surface area contributed by atoms with E-state index in [1.54, 1.807) is 4.88 Å². The minimum Gasteiger partial charge on any atom is -0.316 e. The Labute approximate surface area is 78.9 Å². The molecule has 1 nitrogen and oxygen atoms in total. The van der Waals surface area contributed by atoms with Gasteiger partial charge in [0.2, 0.25) is 0 Å². The van der Waals surface area contributed by atoms with Crippen LogP contribution in [0, 0.1) is 0 Å². The molecule has 2 rings (SSSR count). The maximum absolute atomic E-state index is 3.52. The number of hydrogen-bond donors (Lipinski definition) is 1. The fourth-order valence-corrected chi connectivity index (χ4v) is 3.20. The maximum Gasteiger partial charge on any atom is 0.0704 e. The Kier molecular flexibility index (Phi) is 2.30. The second kappa shape index (κ2) is 3.25. The third kappa shape index (κ3) is 1.66. The molecule has 0 aromatic carbocycles. The number of nitrogens with one attached hydrogen (secondary N) is 1. The van der Waals surface area contributed by atoms with Gasteiger partial charge in [-0.3, -0.25) is 0 Å². The van der Waals surface area contributed by atoms with Crippen LogP contribution in [0.5, 0.6) is 0 Å². The van der Waals surface area contributed by atoms with Crippen molar-refractivity contribution in [1.29, 1.82) is 0 Å². The Morgan fingerprint density at radius 2 is 2.18 bits per heavy atom. The second-order valence-corrected chi connectivity index (χ2v) is 5.26. The van der Waals surface area contributed by atoms with E-state index in [0.717, 1.165) is 13.1 Å². The molecule has 0 radical (unpaired) electrons. The molecule has 2 heterocycles. The minimum atomic E-state index is 1.14. The van der Waals surface area contributed by atoms with Crippen molar-refractivity contribution in [3.63, 3.8) is 0 Å². The maximum atomic E-state index is 3.52. The van der Waals surface area contributed by atoms with Crippen molar-refractivity contribution >= 4 is 27.3 Å². The molecule has 0 atom stereocenters. The molecule has 0 saturated carbocycles. The lowest BCUT2D eigenvalue weighted by atomic mass is 10.2. The van der Waals surface area contributed by atoms with E-state index in [1.807, 2.05) is 11.3 Å². The van der Waals surface area contributed by atoms with E-state index in [0.29, 0.717) is 0 Å². The SMILES string of the molecule is Brc1cc2c(s1)CCNCC2. The van der Waals surface area contributed by atoms with Crippen LogP contribution in [-0.4, -0.2) is 13.1 Å². The largest absolute Gasteiger partial charge is 0.316 e. The molecule has 0 spiro atoms. The van der Waals surface area contributed by atoms with Crippen molar-refractivity contribution in [3.05, 3.63) is 20.3 Å². The van der Waals surface area contributed by atoms with Crippen molar-refractivity contribution in [2.45, 2.75) is 12.8 Å². The van der Waals surface area contributed by atoms with Crippen LogP contribution in [0.3, 0.4) is 0 Å². The van der Waals surface area contributed by atoms with Crippen LogP contribution >= 0.6 is 27.3 Å². The fourth-order valence-electron chi connectivity index (χ4n) is 1.40. The van der Waals surface area contributed by atoms with Crippen LogP contribution in [0.25, 0.3) is 0 Å². The van der Waals surface area contributed by atoms with Crippen LogP contribution in [0.2, 0.25) is 0 Å².